The molecular weight excluding hydrogens is 388 g/mol. The zero-order valence-corrected chi connectivity index (χ0v) is 17.2. The fraction of sp³-hybridized carbons (Fsp3) is 0.765. The number of fused-ring (bicyclic) bond motifs is 3. The van der Waals surface area contributed by atoms with Crippen molar-refractivity contribution in [1.29, 1.82) is 0 Å². The standard InChI is InChI=1S/C17H26N4O4S2/c1-2-3-8-27(24,25)21-10-14-15(11-21)26(22,23)12-13-9-18-17(19-16(13)14)20-6-4-5-7-20/h9,14-15H,2-8,10-12H2,1H3/t14-,15+/m1/s1. The van der Waals surface area contributed by atoms with E-state index in [0.717, 1.165) is 38.0 Å². The minimum absolute atomic E-state index is 0.0432. The van der Waals surface area contributed by atoms with Crippen molar-refractivity contribution in [2.45, 2.75) is 49.5 Å². The van der Waals surface area contributed by atoms with Crippen molar-refractivity contribution in [2.24, 2.45) is 0 Å². The summed E-state index contributed by atoms with van der Waals surface area (Å²) in [5.41, 5.74) is 1.34. The molecule has 1 aromatic heterocycles. The van der Waals surface area contributed by atoms with Crippen LogP contribution in [0.5, 0.6) is 0 Å². The first kappa shape index (κ1) is 19.1. The van der Waals surface area contributed by atoms with Gasteiger partial charge in [-0.1, -0.05) is 13.3 Å². The summed E-state index contributed by atoms with van der Waals surface area (Å²) in [7, 11) is -6.86. The maximum atomic E-state index is 12.8. The summed E-state index contributed by atoms with van der Waals surface area (Å²) in [6, 6.07) is 0. The summed E-state index contributed by atoms with van der Waals surface area (Å²) in [5, 5.41) is -0.706. The lowest BCUT2D eigenvalue weighted by Gasteiger charge is -2.27. The molecule has 2 saturated heterocycles. The van der Waals surface area contributed by atoms with Gasteiger partial charge in [0.15, 0.2) is 9.84 Å². The largest absolute Gasteiger partial charge is 0.341 e. The Hall–Kier alpha value is -1.26. The fourth-order valence-electron chi connectivity index (χ4n) is 4.28. The van der Waals surface area contributed by atoms with E-state index >= 15 is 0 Å². The van der Waals surface area contributed by atoms with E-state index in [0.29, 0.717) is 17.9 Å². The molecule has 0 unspecified atom stereocenters. The van der Waals surface area contributed by atoms with Crippen molar-refractivity contribution in [3.05, 3.63) is 17.5 Å². The Morgan fingerprint density at radius 3 is 2.67 bits per heavy atom. The summed E-state index contributed by atoms with van der Waals surface area (Å²) < 4.78 is 52.1. The van der Waals surface area contributed by atoms with Crippen LogP contribution in [0.15, 0.2) is 6.20 Å². The van der Waals surface area contributed by atoms with E-state index in [-0.39, 0.29) is 24.6 Å². The molecule has 0 amide bonds. The molecule has 150 valence electrons. The number of hydrogen-bond donors (Lipinski definition) is 0. The summed E-state index contributed by atoms with van der Waals surface area (Å²) in [6.45, 7) is 3.99. The van der Waals surface area contributed by atoms with Gasteiger partial charge in [0.25, 0.3) is 0 Å². The van der Waals surface area contributed by atoms with Gasteiger partial charge >= 0.3 is 0 Å². The molecule has 4 heterocycles. The highest BCUT2D eigenvalue weighted by Crippen LogP contribution is 2.40. The Morgan fingerprint density at radius 2 is 1.96 bits per heavy atom. The third-order valence-electron chi connectivity index (χ3n) is 5.83. The zero-order chi connectivity index (χ0) is 19.2. The lowest BCUT2D eigenvalue weighted by atomic mass is 10.00. The van der Waals surface area contributed by atoms with Gasteiger partial charge < -0.3 is 4.90 Å². The van der Waals surface area contributed by atoms with Crippen LogP contribution in [0.2, 0.25) is 0 Å². The Bertz CT molecular complexity index is 926. The highest BCUT2D eigenvalue weighted by atomic mass is 32.2. The normalized spacial score (nSPS) is 27.5. The van der Waals surface area contributed by atoms with Crippen molar-refractivity contribution < 1.29 is 16.8 Å². The van der Waals surface area contributed by atoms with Crippen molar-refractivity contribution in [2.75, 3.05) is 36.8 Å². The molecule has 8 nitrogen and oxygen atoms in total. The van der Waals surface area contributed by atoms with Crippen LogP contribution in [0.3, 0.4) is 0 Å². The number of sulfonamides is 1. The summed E-state index contributed by atoms with van der Waals surface area (Å²) in [5.74, 6) is 0.196. The van der Waals surface area contributed by atoms with E-state index in [1.165, 1.54) is 4.31 Å². The Balaban J connectivity index is 1.67. The van der Waals surface area contributed by atoms with Gasteiger partial charge in [0.1, 0.15) is 0 Å². The summed E-state index contributed by atoms with van der Waals surface area (Å²) >= 11 is 0. The first-order valence-corrected chi connectivity index (χ1v) is 12.9. The van der Waals surface area contributed by atoms with Crippen LogP contribution in [-0.4, -0.2) is 68.3 Å². The molecule has 27 heavy (non-hydrogen) atoms. The first-order chi connectivity index (χ1) is 12.8. The minimum Gasteiger partial charge on any atom is -0.341 e. The molecule has 2 atom stereocenters. The molecule has 3 aliphatic heterocycles. The van der Waals surface area contributed by atoms with Crippen molar-refractivity contribution in [3.8, 4) is 0 Å². The summed E-state index contributed by atoms with van der Waals surface area (Å²) in [4.78, 5) is 11.2. The number of aromatic nitrogens is 2. The van der Waals surface area contributed by atoms with Gasteiger partial charge in [-0.2, -0.15) is 4.31 Å². The predicted molar refractivity (Wildman–Crippen MR) is 103 cm³/mol. The Kier molecular flexibility index (Phi) is 4.92. The zero-order valence-electron chi connectivity index (χ0n) is 15.5. The third kappa shape index (κ3) is 3.47. The van der Waals surface area contributed by atoms with Crippen LogP contribution in [0.1, 0.15) is 49.8 Å². The summed E-state index contributed by atoms with van der Waals surface area (Å²) in [6.07, 6.45) is 5.19. The van der Waals surface area contributed by atoms with Gasteiger partial charge in [0.2, 0.25) is 16.0 Å². The van der Waals surface area contributed by atoms with Crippen LogP contribution in [0.25, 0.3) is 0 Å². The Labute approximate surface area is 161 Å². The van der Waals surface area contributed by atoms with Crippen LogP contribution in [0.4, 0.5) is 5.95 Å². The van der Waals surface area contributed by atoms with E-state index in [2.05, 4.69) is 9.88 Å². The lowest BCUT2D eigenvalue weighted by Crippen LogP contribution is -2.36. The number of unbranched alkanes of at least 4 members (excludes halogenated alkanes) is 1. The van der Waals surface area contributed by atoms with Crippen LogP contribution in [-0.2, 0) is 25.6 Å². The van der Waals surface area contributed by atoms with Gasteiger partial charge in [-0.05, 0) is 19.3 Å². The molecule has 0 aliphatic carbocycles. The van der Waals surface area contributed by atoms with E-state index in [9.17, 15) is 16.8 Å². The van der Waals surface area contributed by atoms with E-state index in [4.69, 9.17) is 4.98 Å². The fourth-order valence-corrected chi connectivity index (χ4v) is 8.06. The van der Waals surface area contributed by atoms with Crippen LogP contribution in [0, 0.1) is 0 Å². The third-order valence-corrected chi connectivity index (χ3v) is 9.83. The van der Waals surface area contributed by atoms with Crippen LogP contribution >= 0.6 is 0 Å². The molecule has 2 fully saturated rings. The van der Waals surface area contributed by atoms with Crippen molar-refractivity contribution in [1.82, 2.24) is 14.3 Å². The lowest BCUT2D eigenvalue weighted by molar-refractivity contribution is 0.470. The monoisotopic (exact) mass is 414 g/mol. The molecule has 0 aromatic carbocycles. The SMILES string of the molecule is CCCCS(=O)(=O)N1C[C@H]2c3nc(N4CCCC4)ncc3CS(=O)(=O)[C@H]2C1. The molecule has 0 saturated carbocycles. The number of anilines is 1. The number of nitrogens with zero attached hydrogens (tertiary/aromatic N) is 4. The second kappa shape index (κ2) is 6.97. The second-order valence-electron chi connectivity index (χ2n) is 7.71. The quantitative estimate of drug-likeness (QED) is 0.706. The molecule has 10 heteroatoms. The molecular formula is C17H26N4O4S2. The highest BCUT2D eigenvalue weighted by Gasteiger charge is 2.50. The van der Waals surface area contributed by atoms with Gasteiger partial charge in [0.05, 0.1) is 22.4 Å². The number of hydrogen-bond acceptors (Lipinski definition) is 7. The van der Waals surface area contributed by atoms with Gasteiger partial charge in [0, 0.05) is 43.9 Å². The molecule has 0 spiro atoms. The van der Waals surface area contributed by atoms with E-state index in [1.807, 2.05) is 6.92 Å². The highest BCUT2D eigenvalue weighted by molar-refractivity contribution is 7.91. The number of sulfone groups is 1. The maximum absolute atomic E-state index is 12.8. The van der Waals surface area contributed by atoms with E-state index < -0.39 is 31.0 Å². The molecule has 1 aromatic rings. The second-order valence-corrected chi connectivity index (χ2v) is 12.0. The predicted octanol–water partition coefficient (Wildman–Crippen LogP) is 0.903. The smallest absolute Gasteiger partial charge is 0.225 e. The van der Waals surface area contributed by atoms with Crippen molar-refractivity contribution >= 4 is 25.8 Å². The molecule has 0 bridgehead atoms. The molecule has 0 radical (unpaired) electrons. The molecule has 3 aliphatic rings. The first-order valence-electron chi connectivity index (χ1n) is 9.62. The molecule has 4 rings (SSSR count). The average Bonchev–Trinajstić information content (AvgIpc) is 3.30. The maximum Gasteiger partial charge on any atom is 0.225 e. The number of rotatable bonds is 5. The van der Waals surface area contributed by atoms with Gasteiger partial charge in [-0.15, -0.1) is 0 Å². The van der Waals surface area contributed by atoms with Crippen molar-refractivity contribution in [3.63, 3.8) is 0 Å². The molecule has 0 N–H and O–H groups in total. The van der Waals surface area contributed by atoms with E-state index in [1.54, 1.807) is 6.20 Å². The van der Waals surface area contributed by atoms with Gasteiger partial charge in [-0.3, -0.25) is 0 Å². The Morgan fingerprint density at radius 1 is 1.22 bits per heavy atom. The minimum atomic E-state index is -3.44. The average molecular weight is 415 g/mol. The van der Waals surface area contributed by atoms with Gasteiger partial charge in [-0.25, -0.2) is 26.8 Å². The topological polar surface area (TPSA) is 101 Å². The van der Waals surface area contributed by atoms with Crippen LogP contribution < -0.4 is 4.90 Å².